The summed E-state index contributed by atoms with van der Waals surface area (Å²) >= 11 is 2.04. The Morgan fingerprint density at radius 2 is 2.23 bits per heavy atom. The SMILES string of the molecule is C=COCCON(CC1CC1)C(=O)c1oc2ccncc2c1Nc1ccc(I)cc1F. The fourth-order valence-corrected chi connectivity index (χ4v) is 3.52. The van der Waals surface area contributed by atoms with Crippen molar-refractivity contribution in [1.29, 1.82) is 0 Å². The van der Waals surface area contributed by atoms with Crippen LogP contribution in [0.25, 0.3) is 11.0 Å². The quantitative estimate of drug-likeness (QED) is 0.165. The second-order valence-electron chi connectivity index (χ2n) is 7.11. The van der Waals surface area contributed by atoms with E-state index in [1.54, 1.807) is 30.6 Å². The zero-order valence-electron chi connectivity index (χ0n) is 16.6. The Bertz CT molecular complexity index is 1100. The summed E-state index contributed by atoms with van der Waals surface area (Å²) in [6, 6.07) is 6.46. The number of pyridine rings is 1. The number of carbonyl (C=O) groups is 1. The highest BCUT2D eigenvalue weighted by Gasteiger charge is 2.32. The summed E-state index contributed by atoms with van der Waals surface area (Å²) in [6.07, 6.45) is 6.55. The molecule has 2 aromatic heterocycles. The van der Waals surface area contributed by atoms with Crippen molar-refractivity contribution in [2.75, 3.05) is 25.1 Å². The number of nitrogens with zero attached hydrogens (tertiary/aromatic N) is 2. The lowest BCUT2D eigenvalue weighted by molar-refractivity contribution is -0.135. The molecule has 0 spiro atoms. The van der Waals surface area contributed by atoms with E-state index < -0.39 is 11.7 Å². The summed E-state index contributed by atoms with van der Waals surface area (Å²) in [7, 11) is 0. The average molecular weight is 537 g/mol. The van der Waals surface area contributed by atoms with E-state index in [9.17, 15) is 9.18 Å². The lowest BCUT2D eigenvalue weighted by Crippen LogP contribution is -2.34. The third-order valence-electron chi connectivity index (χ3n) is 4.79. The number of ether oxygens (including phenoxy) is 1. The van der Waals surface area contributed by atoms with Gasteiger partial charge in [0.15, 0.2) is 0 Å². The molecule has 0 atom stereocenters. The lowest BCUT2D eigenvalue weighted by atomic mass is 10.2. The van der Waals surface area contributed by atoms with Crippen LogP contribution in [-0.2, 0) is 9.57 Å². The Morgan fingerprint density at radius 1 is 1.39 bits per heavy atom. The summed E-state index contributed by atoms with van der Waals surface area (Å²) in [5.41, 5.74) is 1.04. The Hall–Kier alpha value is -2.66. The van der Waals surface area contributed by atoms with E-state index in [-0.39, 0.29) is 24.7 Å². The molecule has 4 rings (SSSR count). The van der Waals surface area contributed by atoms with Crippen LogP contribution in [0.15, 0.2) is 53.9 Å². The van der Waals surface area contributed by atoms with Crippen molar-refractivity contribution in [3.63, 3.8) is 0 Å². The van der Waals surface area contributed by atoms with Gasteiger partial charge >= 0.3 is 5.91 Å². The molecule has 2 heterocycles. The molecule has 7 nitrogen and oxygen atoms in total. The molecule has 0 bridgehead atoms. The predicted octanol–water partition coefficient (Wildman–Crippen LogP) is 5.26. The van der Waals surface area contributed by atoms with Crippen molar-refractivity contribution in [2.45, 2.75) is 12.8 Å². The fourth-order valence-electron chi connectivity index (χ4n) is 3.06. The number of hydrogen-bond acceptors (Lipinski definition) is 6. The number of rotatable bonds is 10. The van der Waals surface area contributed by atoms with Crippen molar-refractivity contribution in [3.8, 4) is 0 Å². The lowest BCUT2D eigenvalue weighted by Gasteiger charge is -2.21. The van der Waals surface area contributed by atoms with Crippen molar-refractivity contribution < 1.29 is 23.2 Å². The molecule has 0 aliphatic heterocycles. The van der Waals surface area contributed by atoms with Crippen molar-refractivity contribution in [1.82, 2.24) is 10.0 Å². The molecule has 1 amide bonds. The van der Waals surface area contributed by atoms with Gasteiger partial charge in [0.2, 0.25) is 5.76 Å². The number of furan rings is 1. The number of nitrogens with one attached hydrogen (secondary N) is 1. The maximum Gasteiger partial charge on any atom is 0.315 e. The Balaban J connectivity index is 1.66. The van der Waals surface area contributed by atoms with Gasteiger partial charge in [0.05, 0.1) is 23.9 Å². The summed E-state index contributed by atoms with van der Waals surface area (Å²) in [4.78, 5) is 23.2. The maximum absolute atomic E-state index is 14.5. The Kier molecular flexibility index (Phi) is 6.71. The van der Waals surface area contributed by atoms with E-state index in [1.165, 1.54) is 17.4 Å². The predicted molar refractivity (Wildman–Crippen MR) is 122 cm³/mol. The largest absolute Gasteiger partial charge is 0.499 e. The summed E-state index contributed by atoms with van der Waals surface area (Å²) in [5, 5.41) is 4.89. The third kappa shape index (κ3) is 5.16. The van der Waals surface area contributed by atoms with Gasteiger partial charge in [-0.25, -0.2) is 9.45 Å². The highest BCUT2D eigenvalue weighted by Crippen LogP contribution is 2.36. The van der Waals surface area contributed by atoms with Crippen LogP contribution < -0.4 is 5.32 Å². The van der Waals surface area contributed by atoms with Gasteiger partial charge in [0, 0.05) is 16.0 Å². The first-order valence-electron chi connectivity index (χ1n) is 9.82. The Morgan fingerprint density at radius 3 is 2.97 bits per heavy atom. The number of fused-ring (bicyclic) bond motifs is 1. The second-order valence-corrected chi connectivity index (χ2v) is 8.35. The standard InChI is InChI=1S/C22H21FIN3O4/c1-2-29-9-10-30-27(13-14-3-4-14)22(28)21-20(16-12-25-8-7-19(16)31-21)26-18-6-5-15(24)11-17(18)23/h2,5-8,11-12,14,26H,1,3-4,9-10,13H2. The van der Waals surface area contributed by atoms with Gasteiger partial charge in [0.25, 0.3) is 0 Å². The number of benzene rings is 1. The van der Waals surface area contributed by atoms with Gasteiger partial charge < -0.3 is 14.5 Å². The van der Waals surface area contributed by atoms with Gasteiger partial charge in [-0.3, -0.25) is 14.6 Å². The average Bonchev–Trinajstić information content (AvgIpc) is 3.51. The van der Waals surface area contributed by atoms with E-state index in [0.29, 0.717) is 29.1 Å². The number of aromatic nitrogens is 1. The van der Waals surface area contributed by atoms with E-state index in [0.717, 1.165) is 16.4 Å². The van der Waals surface area contributed by atoms with E-state index in [4.69, 9.17) is 14.0 Å². The number of amides is 1. The van der Waals surface area contributed by atoms with Crippen LogP contribution in [0.5, 0.6) is 0 Å². The Labute approximate surface area is 192 Å². The van der Waals surface area contributed by atoms with E-state index in [1.807, 2.05) is 22.6 Å². The van der Waals surface area contributed by atoms with E-state index >= 15 is 0 Å². The van der Waals surface area contributed by atoms with Crippen LogP contribution >= 0.6 is 22.6 Å². The number of halogens is 2. The first-order chi connectivity index (χ1) is 15.1. The molecular weight excluding hydrogens is 516 g/mol. The highest BCUT2D eigenvalue weighted by atomic mass is 127. The van der Waals surface area contributed by atoms with Crippen LogP contribution in [0.1, 0.15) is 23.4 Å². The number of anilines is 2. The van der Waals surface area contributed by atoms with Gasteiger partial charge in [-0.1, -0.05) is 6.58 Å². The molecule has 1 aliphatic rings. The minimum absolute atomic E-state index is 0.0336. The monoisotopic (exact) mass is 537 g/mol. The van der Waals surface area contributed by atoms with Crippen molar-refractivity contribution >= 4 is 50.8 Å². The van der Waals surface area contributed by atoms with Crippen LogP contribution in [0.4, 0.5) is 15.8 Å². The van der Waals surface area contributed by atoms with Crippen LogP contribution in [0.2, 0.25) is 0 Å². The van der Waals surface area contributed by atoms with Crippen LogP contribution in [0.3, 0.4) is 0 Å². The third-order valence-corrected chi connectivity index (χ3v) is 5.46. The van der Waals surface area contributed by atoms with Gasteiger partial charge in [-0.15, -0.1) is 0 Å². The molecule has 1 aromatic carbocycles. The zero-order chi connectivity index (χ0) is 21.8. The molecular formula is C22H21FIN3O4. The number of hydroxylamine groups is 2. The highest BCUT2D eigenvalue weighted by molar-refractivity contribution is 14.1. The molecule has 0 radical (unpaired) electrons. The van der Waals surface area contributed by atoms with Gasteiger partial charge in [0.1, 0.15) is 30.3 Å². The minimum Gasteiger partial charge on any atom is -0.499 e. The number of hydrogen-bond donors (Lipinski definition) is 1. The molecule has 31 heavy (non-hydrogen) atoms. The topological polar surface area (TPSA) is 76.8 Å². The molecule has 1 aliphatic carbocycles. The second kappa shape index (κ2) is 9.65. The van der Waals surface area contributed by atoms with E-state index in [2.05, 4.69) is 16.9 Å². The molecule has 0 unspecified atom stereocenters. The maximum atomic E-state index is 14.5. The van der Waals surface area contributed by atoms with Crippen molar-refractivity contribution in [2.24, 2.45) is 5.92 Å². The molecule has 3 aromatic rings. The summed E-state index contributed by atoms with van der Waals surface area (Å²) < 4.78 is 26.2. The summed E-state index contributed by atoms with van der Waals surface area (Å²) in [6.45, 7) is 4.38. The molecule has 1 saturated carbocycles. The number of carbonyl (C=O) groups excluding carboxylic acids is 1. The first kappa shape index (κ1) is 21.6. The fraction of sp³-hybridized carbons (Fsp3) is 0.273. The molecule has 1 fully saturated rings. The molecule has 162 valence electrons. The first-order valence-corrected chi connectivity index (χ1v) is 10.9. The summed E-state index contributed by atoms with van der Waals surface area (Å²) in [5.74, 6) is -0.460. The van der Waals surface area contributed by atoms with Crippen molar-refractivity contribution in [3.05, 3.63) is 64.6 Å². The normalized spacial score (nSPS) is 13.2. The van der Waals surface area contributed by atoms with Crippen LogP contribution in [0, 0.1) is 15.3 Å². The minimum atomic E-state index is -0.449. The zero-order valence-corrected chi connectivity index (χ0v) is 18.8. The van der Waals surface area contributed by atoms with Gasteiger partial charge in [-0.05, 0) is 65.6 Å². The van der Waals surface area contributed by atoms with Gasteiger partial charge in [-0.2, -0.15) is 0 Å². The smallest absolute Gasteiger partial charge is 0.315 e. The molecule has 1 N–H and O–H groups in total. The molecule has 0 saturated heterocycles. The molecule has 9 heteroatoms. The van der Waals surface area contributed by atoms with Crippen LogP contribution in [-0.4, -0.2) is 35.7 Å².